The van der Waals surface area contributed by atoms with Crippen LogP contribution in [0.1, 0.15) is 36.5 Å². The van der Waals surface area contributed by atoms with Gasteiger partial charge in [-0.15, -0.1) is 0 Å². The SMILES string of the molecule is Cc1nc(N2CCOCC2)nc(C)c1-c1ccc(NC(=O)C(C)C)nc1C#Cc1ccc2c(ccc(=O)n2C)c1. The fourth-order valence-electron chi connectivity index (χ4n) is 4.68. The number of rotatable bonds is 4. The second-order valence-electron chi connectivity index (χ2n) is 10.2. The number of aryl methyl sites for hydroxylation is 3. The van der Waals surface area contributed by atoms with Crippen LogP contribution in [0, 0.1) is 31.6 Å². The molecule has 3 aromatic heterocycles. The smallest absolute Gasteiger partial charge is 0.250 e. The highest BCUT2D eigenvalue weighted by atomic mass is 16.5. The number of ether oxygens (including phenoxy) is 1. The second kappa shape index (κ2) is 11.3. The summed E-state index contributed by atoms with van der Waals surface area (Å²) in [5.41, 5.74) is 5.37. The number of benzene rings is 1. The topological polar surface area (TPSA) is 102 Å². The van der Waals surface area contributed by atoms with Gasteiger partial charge in [0.2, 0.25) is 11.9 Å². The standard InChI is InChI=1S/C31H32N6O3/c1-19(2)30(39)35-27-12-9-24(29-20(3)32-31(33-21(29)4)37-14-16-40-17-15-37)25(34-27)10-6-22-7-11-26-23(18-22)8-13-28(38)36(26)5/h7-9,11-13,18-19H,14-17H2,1-5H3,(H,34,35,39). The molecule has 0 spiro atoms. The van der Waals surface area contributed by atoms with Crippen LogP contribution in [-0.2, 0) is 16.6 Å². The number of carbonyl (C=O) groups excluding carboxylic acids is 1. The Bertz CT molecular complexity index is 1700. The molecule has 1 saturated heterocycles. The molecule has 1 amide bonds. The van der Waals surface area contributed by atoms with E-state index in [2.05, 4.69) is 22.1 Å². The number of morpholine rings is 1. The lowest BCUT2D eigenvalue weighted by molar-refractivity contribution is -0.118. The zero-order chi connectivity index (χ0) is 28.4. The molecule has 4 aromatic rings. The second-order valence-corrected chi connectivity index (χ2v) is 10.2. The summed E-state index contributed by atoms with van der Waals surface area (Å²) in [4.78, 5) is 40.9. The Balaban J connectivity index is 1.59. The van der Waals surface area contributed by atoms with Gasteiger partial charge in [0, 0.05) is 48.8 Å². The van der Waals surface area contributed by atoms with Crippen molar-refractivity contribution in [1.29, 1.82) is 0 Å². The predicted octanol–water partition coefficient (Wildman–Crippen LogP) is 3.84. The van der Waals surface area contributed by atoms with Gasteiger partial charge in [0.1, 0.15) is 11.5 Å². The van der Waals surface area contributed by atoms with Crippen molar-refractivity contribution in [2.45, 2.75) is 27.7 Å². The van der Waals surface area contributed by atoms with Gasteiger partial charge in [-0.05, 0) is 61.6 Å². The maximum atomic E-state index is 12.4. The highest BCUT2D eigenvalue weighted by Gasteiger charge is 2.20. The lowest BCUT2D eigenvalue weighted by Crippen LogP contribution is -2.37. The number of amides is 1. The van der Waals surface area contributed by atoms with Crippen LogP contribution in [0.5, 0.6) is 0 Å². The first-order valence-electron chi connectivity index (χ1n) is 13.3. The molecule has 5 rings (SSSR count). The molecule has 1 aliphatic rings. The summed E-state index contributed by atoms with van der Waals surface area (Å²) in [7, 11) is 1.75. The molecular formula is C31H32N6O3. The molecule has 1 aliphatic heterocycles. The lowest BCUT2D eigenvalue weighted by Gasteiger charge is -2.27. The van der Waals surface area contributed by atoms with Gasteiger partial charge in [-0.2, -0.15) is 0 Å². The predicted molar refractivity (Wildman–Crippen MR) is 156 cm³/mol. The number of nitrogens with zero attached hydrogens (tertiary/aromatic N) is 5. The van der Waals surface area contributed by atoms with Crippen LogP contribution in [0.3, 0.4) is 0 Å². The maximum Gasteiger partial charge on any atom is 0.250 e. The molecule has 1 N–H and O–H groups in total. The Hall–Kier alpha value is -4.55. The summed E-state index contributed by atoms with van der Waals surface area (Å²) in [6.07, 6.45) is 0. The van der Waals surface area contributed by atoms with Gasteiger partial charge in [0.25, 0.3) is 5.56 Å². The van der Waals surface area contributed by atoms with Gasteiger partial charge in [-0.25, -0.2) is 15.0 Å². The van der Waals surface area contributed by atoms with Crippen molar-refractivity contribution in [3.63, 3.8) is 0 Å². The molecule has 0 unspecified atom stereocenters. The van der Waals surface area contributed by atoms with E-state index < -0.39 is 0 Å². The quantitative estimate of drug-likeness (QED) is 0.396. The van der Waals surface area contributed by atoms with Gasteiger partial charge in [0.05, 0.1) is 30.1 Å². The monoisotopic (exact) mass is 536 g/mol. The van der Waals surface area contributed by atoms with Crippen LogP contribution >= 0.6 is 0 Å². The van der Waals surface area contributed by atoms with E-state index in [-0.39, 0.29) is 17.4 Å². The first-order valence-corrected chi connectivity index (χ1v) is 13.3. The third-order valence-electron chi connectivity index (χ3n) is 6.94. The van der Waals surface area contributed by atoms with Gasteiger partial charge < -0.3 is 19.5 Å². The normalized spacial score (nSPS) is 13.3. The summed E-state index contributed by atoms with van der Waals surface area (Å²) in [5.74, 6) is 7.27. The Labute approximate surface area is 233 Å². The van der Waals surface area contributed by atoms with Crippen LogP contribution in [0.2, 0.25) is 0 Å². The maximum absolute atomic E-state index is 12.4. The van der Waals surface area contributed by atoms with Crippen LogP contribution in [-0.4, -0.2) is 51.7 Å². The van der Waals surface area contributed by atoms with Crippen molar-refractivity contribution in [2.75, 3.05) is 36.5 Å². The third kappa shape index (κ3) is 5.58. The van der Waals surface area contributed by atoms with Gasteiger partial charge >= 0.3 is 0 Å². The minimum absolute atomic E-state index is 0.0620. The Morgan fingerprint density at radius 3 is 2.40 bits per heavy atom. The highest BCUT2D eigenvalue weighted by molar-refractivity contribution is 5.91. The summed E-state index contributed by atoms with van der Waals surface area (Å²) >= 11 is 0. The number of hydrogen-bond acceptors (Lipinski definition) is 7. The van der Waals surface area contributed by atoms with Gasteiger partial charge in [0.15, 0.2) is 0 Å². The zero-order valence-corrected chi connectivity index (χ0v) is 23.4. The van der Waals surface area contributed by atoms with Crippen LogP contribution in [0.4, 0.5) is 11.8 Å². The van der Waals surface area contributed by atoms with Gasteiger partial charge in [-0.3, -0.25) is 9.59 Å². The molecular weight excluding hydrogens is 504 g/mol. The Morgan fingerprint density at radius 2 is 1.70 bits per heavy atom. The fourth-order valence-corrected chi connectivity index (χ4v) is 4.68. The summed E-state index contributed by atoms with van der Waals surface area (Å²) in [6, 6.07) is 12.8. The van der Waals surface area contributed by atoms with Crippen molar-refractivity contribution in [2.24, 2.45) is 13.0 Å². The molecule has 9 heteroatoms. The Morgan fingerprint density at radius 1 is 0.975 bits per heavy atom. The molecule has 40 heavy (non-hydrogen) atoms. The van der Waals surface area contributed by atoms with E-state index in [0.29, 0.717) is 30.7 Å². The lowest BCUT2D eigenvalue weighted by atomic mass is 10.0. The molecule has 1 aromatic carbocycles. The van der Waals surface area contributed by atoms with E-state index in [9.17, 15) is 9.59 Å². The van der Waals surface area contributed by atoms with Crippen molar-refractivity contribution in [1.82, 2.24) is 19.5 Å². The first-order chi connectivity index (χ1) is 19.2. The van der Waals surface area contributed by atoms with Crippen LogP contribution < -0.4 is 15.8 Å². The van der Waals surface area contributed by atoms with Gasteiger partial charge in [-0.1, -0.05) is 19.8 Å². The zero-order valence-electron chi connectivity index (χ0n) is 23.4. The number of anilines is 2. The van der Waals surface area contributed by atoms with E-state index >= 15 is 0 Å². The molecule has 204 valence electrons. The van der Waals surface area contributed by atoms with Crippen molar-refractivity contribution in [3.8, 4) is 23.0 Å². The van der Waals surface area contributed by atoms with E-state index in [1.807, 2.05) is 52.0 Å². The van der Waals surface area contributed by atoms with E-state index in [4.69, 9.17) is 19.7 Å². The molecule has 9 nitrogen and oxygen atoms in total. The number of fused-ring (bicyclic) bond motifs is 1. The Kier molecular flexibility index (Phi) is 7.63. The average molecular weight is 537 g/mol. The van der Waals surface area contributed by atoms with E-state index in [0.717, 1.165) is 52.1 Å². The number of nitrogens with one attached hydrogen (secondary N) is 1. The highest BCUT2D eigenvalue weighted by Crippen LogP contribution is 2.30. The first kappa shape index (κ1) is 27.0. The number of aromatic nitrogens is 4. The fraction of sp³-hybridized carbons (Fsp3) is 0.323. The summed E-state index contributed by atoms with van der Waals surface area (Å²) < 4.78 is 7.09. The molecule has 1 fully saturated rings. The van der Waals surface area contributed by atoms with Crippen molar-refractivity contribution in [3.05, 3.63) is 75.5 Å². The molecule has 0 radical (unpaired) electrons. The minimum Gasteiger partial charge on any atom is -0.378 e. The summed E-state index contributed by atoms with van der Waals surface area (Å²) in [6.45, 7) is 10.4. The average Bonchev–Trinajstić information content (AvgIpc) is 2.94. The number of hydrogen-bond donors (Lipinski definition) is 1. The molecule has 4 heterocycles. The number of carbonyl (C=O) groups is 1. The number of pyridine rings is 2. The van der Waals surface area contributed by atoms with E-state index in [1.54, 1.807) is 29.8 Å². The largest absolute Gasteiger partial charge is 0.378 e. The molecule has 0 aliphatic carbocycles. The molecule has 0 atom stereocenters. The van der Waals surface area contributed by atoms with Crippen molar-refractivity contribution >= 4 is 28.6 Å². The summed E-state index contributed by atoms with van der Waals surface area (Å²) in [5, 5.41) is 3.79. The van der Waals surface area contributed by atoms with Crippen LogP contribution in [0.15, 0.2) is 47.3 Å². The van der Waals surface area contributed by atoms with Crippen molar-refractivity contribution < 1.29 is 9.53 Å². The minimum atomic E-state index is -0.185. The van der Waals surface area contributed by atoms with Crippen LogP contribution in [0.25, 0.3) is 22.0 Å². The van der Waals surface area contributed by atoms with E-state index in [1.165, 1.54) is 0 Å². The molecule has 0 bridgehead atoms. The molecule has 0 saturated carbocycles. The third-order valence-corrected chi connectivity index (χ3v) is 6.94.